The van der Waals surface area contributed by atoms with Gasteiger partial charge in [-0.2, -0.15) is 5.10 Å². The summed E-state index contributed by atoms with van der Waals surface area (Å²) in [4.78, 5) is 11.1. The average Bonchev–Trinajstić information content (AvgIpc) is 2.34. The third-order valence-corrected chi connectivity index (χ3v) is 2.06. The molecular formula is C9H15N3O2. The molecule has 1 heterocycles. The third-order valence-electron chi connectivity index (χ3n) is 2.06. The van der Waals surface area contributed by atoms with Crippen LogP contribution in [-0.2, 0) is 16.1 Å². The summed E-state index contributed by atoms with van der Waals surface area (Å²) in [6, 6.07) is 0. The summed E-state index contributed by atoms with van der Waals surface area (Å²) >= 11 is 0. The van der Waals surface area contributed by atoms with E-state index >= 15 is 0 Å². The van der Waals surface area contributed by atoms with Gasteiger partial charge in [-0.05, 0) is 20.8 Å². The smallest absolute Gasteiger partial charge is 0.327 e. The Morgan fingerprint density at radius 3 is 2.64 bits per heavy atom. The van der Waals surface area contributed by atoms with Gasteiger partial charge in [0.15, 0.2) is 0 Å². The van der Waals surface area contributed by atoms with E-state index in [-0.39, 0.29) is 12.5 Å². The Labute approximate surface area is 82.8 Å². The van der Waals surface area contributed by atoms with Gasteiger partial charge in [0, 0.05) is 5.56 Å². The number of esters is 1. The molecule has 0 aliphatic heterocycles. The van der Waals surface area contributed by atoms with Crippen molar-refractivity contribution in [1.29, 1.82) is 0 Å². The van der Waals surface area contributed by atoms with Gasteiger partial charge < -0.3 is 10.5 Å². The summed E-state index contributed by atoms with van der Waals surface area (Å²) in [7, 11) is 0. The molecule has 0 fully saturated rings. The minimum absolute atomic E-state index is 0.0777. The van der Waals surface area contributed by atoms with Crippen LogP contribution in [0.1, 0.15) is 18.2 Å². The van der Waals surface area contributed by atoms with Crippen LogP contribution in [0.4, 0.5) is 5.82 Å². The number of ether oxygens (including phenoxy) is 1. The van der Waals surface area contributed by atoms with E-state index in [0.29, 0.717) is 12.4 Å². The van der Waals surface area contributed by atoms with Crippen LogP contribution in [0.15, 0.2) is 0 Å². The summed E-state index contributed by atoms with van der Waals surface area (Å²) in [5, 5.41) is 4.12. The maximum atomic E-state index is 11.1. The zero-order valence-electron chi connectivity index (χ0n) is 8.70. The largest absolute Gasteiger partial charge is 0.465 e. The summed E-state index contributed by atoms with van der Waals surface area (Å²) in [6.45, 7) is 5.94. The highest BCUT2D eigenvalue weighted by Gasteiger charge is 2.11. The molecule has 0 bridgehead atoms. The lowest BCUT2D eigenvalue weighted by molar-refractivity contribution is -0.143. The topological polar surface area (TPSA) is 70.1 Å². The molecule has 1 rings (SSSR count). The maximum Gasteiger partial charge on any atom is 0.327 e. The first-order valence-corrected chi connectivity index (χ1v) is 4.51. The molecule has 5 nitrogen and oxygen atoms in total. The van der Waals surface area contributed by atoms with Gasteiger partial charge in [0.2, 0.25) is 0 Å². The Morgan fingerprint density at radius 2 is 2.21 bits per heavy atom. The molecule has 5 heteroatoms. The van der Waals surface area contributed by atoms with Crippen molar-refractivity contribution in [1.82, 2.24) is 9.78 Å². The van der Waals surface area contributed by atoms with Gasteiger partial charge in [-0.1, -0.05) is 0 Å². The number of nitrogens with two attached hydrogens (primary N) is 1. The maximum absolute atomic E-state index is 11.1. The number of carbonyl (C=O) groups excluding carboxylic acids is 1. The fourth-order valence-electron chi connectivity index (χ4n) is 1.14. The number of carbonyl (C=O) groups is 1. The van der Waals surface area contributed by atoms with Crippen LogP contribution in [0.5, 0.6) is 0 Å². The molecule has 78 valence electrons. The molecule has 0 saturated carbocycles. The monoisotopic (exact) mass is 197 g/mol. The second-order valence-electron chi connectivity index (χ2n) is 3.06. The minimum atomic E-state index is -0.318. The van der Waals surface area contributed by atoms with E-state index in [1.165, 1.54) is 4.68 Å². The van der Waals surface area contributed by atoms with Crippen molar-refractivity contribution in [2.75, 3.05) is 12.3 Å². The zero-order chi connectivity index (χ0) is 10.7. The lowest BCUT2D eigenvalue weighted by atomic mass is 10.3. The first-order valence-electron chi connectivity index (χ1n) is 4.51. The van der Waals surface area contributed by atoms with Gasteiger partial charge in [0.05, 0.1) is 12.3 Å². The van der Waals surface area contributed by atoms with Gasteiger partial charge in [0.25, 0.3) is 0 Å². The van der Waals surface area contributed by atoms with Gasteiger partial charge >= 0.3 is 5.97 Å². The second-order valence-corrected chi connectivity index (χ2v) is 3.06. The molecule has 1 aromatic heterocycles. The molecule has 0 saturated heterocycles. The van der Waals surface area contributed by atoms with E-state index in [2.05, 4.69) is 5.10 Å². The lowest BCUT2D eigenvalue weighted by Crippen LogP contribution is -2.16. The van der Waals surface area contributed by atoms with Crippen LogP contribution in [0.2, 0.25) is 0 Å². The number of nitrogens with zero attached hydrogens (tertiary/aromatic N) is 2. The molecule has 1 aromatic rings. The van der Waals surface area contributed by atoms with Gasteiger partial charge in [-0.15, -0.1) is 0 Å². The Hall–Kier alpha value is -1.52. The van der Waals surface area contributed by atoms with Crippen molar-refractivity contribution < 1.29 is 9.53 Å². The first-order chi connectivity index (χ1) is 6.56. The van der Waals surface area contributed by atoms with Crippen LogP contribution >= 0.6 is 0 Å². The standard InChI is InChI=1S/C9H15N3O2/c1-4-14-8(13)5-12-9(10)6(2)7(3)11-12/h4-5,10H2,1-3H3. The Balaban J connectivity index is 2.77. The van der Waals surface area contributed by atoms with Crippen LogP contribution in [-0.4, -0.2) is 22.4 Å². The number of nitrogen functional groups attached to an aromatic ring is 1. The van der Waals surface area contributed by atoms with Crippen molar-refractivity contribution in [3.8, 4) is 0 Å². The van der Waals surface area contributed by atoms with Gasteiger partial charge in [-0.25, -0.2) is 4.68 Å². The van der Waals surface area contributed by atoms with Crippen molar-refractivity contribution in [3.63, 3.8) is 0 Å². The Bertz CT molecular complexity index is 344. The summed E-state index contributed by atoms with van der Waals surface area (Å²) in [6.07, 6.45) is 0. The predicted octanol–water partition coefficient (Wildman–Crippen LogP) is 0.645. The number of rotatable bonds is 3. The van der Waals surface area contributed by atoms with Gasteiger partial charge in [-0.3, -0.25) is 4.79 Å². The van der Waals surface area contributed by atoms with E-state index in [9.17, 15) is 4.79 Å². The van der Waals surface area contributed by atoms with E-state index in [1.54, 1.807) is 6.92 Å². The molecule has 0 aliphatic carbocycles. The van der Waals surface area contributed by atoms with Crippen molar-refractivity contribution >= 4 is 11.8 Å². The van der Waals surface area contributed by atoms with E-state index in [1.807, 2.05) is 13.8 Å². The molecule has 0 aromatic carbocycles. The number of hydrogen-bond donors (Lipinski definition) is 1. The number of aromatic nitrogens is 2. The molecule has 0 atom stereocenters. The normalized spacial score (nSPS) is 10.2. The molecule has 0 aliphatic rings. The van der Waals surface area contributed by atoms with Crippen LogP contribution < -0.4 is 5.73 Å². The molecular weight excluding hydrogens is 182 g/mol. The summed E-state index contributed by atoms with van der Waals surface area (Å²) in [5.74, 6) is 0.206. The highest BCUT2D eigenvalue weighted by Crippen LogP contribution is 2.13. The number of hydrogen-bond acceptors (Lipinski definition) is 4. The summed E-state index contributed by atoms with van der Waals surface area (Å²) < 4.78 is 6.26. The van der Waals surface area contributed by atoms with Crippen molar-refractivity contribution in [2.45, 2.75) is 27.3 Å². The average molecular weight is 197 g/mol. The highest BCUT2D eigenvalue weighted by molar-refractivity contribution is 5.69. The molecule has 0 amide bonds. The van der Waals surface area contributed by atoms with Crippen LogP contribution in [0.25, 0.3) is 0 Å². The van der Waals surface area contributed by atoms with Crippen molar-refractivity contribution in [2.24, 2.45) is 0 Å². The molecule has 0 radical (unpaired) electrons. The van der Waals surface area contributed by atoms with E-state index in [4.69, 9.17) is 10.5 Å². The number of aryl methyl sites for hydroxylation is 1. The molecule has 14 heavy (non-hydrogen) atoms. The van der Waals surface area contributed by atoms with E-state index in [0.717, 1.165) is 11.3 Å². The fraction of sp³-hybridized carbons (Fsp3) is 0.556. The minimum Gasteiger partial charge on any atom is -0.465 e. The van der Waals surface area contributed by atoms with Crippen molar-refractivity contribution in [3.05, 3.63) is 11.3 Å². The van der Waals surface area contributed by atoms with Gasteiger partial charge in [0.1, 0.15) is 12.4 Å². The molecule has 2 N–H and O–H groups in total. The Kier molecular flexibility index (Phi) is 3.11. The van der Waals surface area contributed by atoms with E-state index < -0.39 is 0 Å². The highest BCUT2D eigenvalue weighted by atomic mass is 16.5. The number of anilines is 1. The fourth-order valence-corrected chi connectivity index (χ4v) is 1.14. The van der Waals surface area contributed by atoms with Crippen LogP contribution in [0, 0.1) is 13.8 Å². The molecule has 0 spiro atoms. The SMILES string of the molecule is CCOC(=O)Cn1nc(C)c(C)c1N. The third kappa shape index (κ3) is 2.04. The zero-order valence-corrected chi connectivity index (χ0v) is 8.70. The lowest BCUT2D eigenvalue weighted by Gasteiger charge is -2.03. The van der Waals surface area contributed by atoms with Crippen LogP contribution in [0.3, 0.4) is 0 Å². The first kappa shape index (κ1) is 10.6. The molecule has 0 unspecified atom stereocenters. The Morgan fingerprint density at radius 1 is 1.57 bits per heavy atom. The second kappa shape index (κ2) is 4.13. The quantitative estimate of drug-likeness (QED) is 0.722. The summed E-state index contributed by atoms with van der Waals surface area (Å²) in [5.41, 5.74) is 7.49. The predicted molar refractivity (Wildman–Crippen MR) is 52.7 cm³/mol.